The molecular weight excluding hydrogens is 432 g/mol. The molecule has 3 rings (SSSR count). The maximum atomic E-state index is 12.7. The van der Waals surface area contributed by atoms with Crippen molar-refractivity contribution >= 4 is 12.0 Å². The Morgan fingerprint density at radius 2 is 1.76 bits per heavy atom. The molecule has 0 unspecified atom stereocenters. The lowest BCUT2D eigenvalue weighted by Gasteiger charge is -2.29. The van der Waals surface area contributed by atoms with Gasteiger partial charge in [-0.15, -0.1) is 0 Å². The van der Waals surface area contributed by atoms with E-state index in [1.54, 1.807) is 45.6 Å². The minimum Gasteiger partial charge on any atom is -0.497 e. The lowest BCUT2D eigenvalue weighted by atomic mass is 9.86. The summed E-state index contributed by atoms with van der Waals surface area (Å²) in [5.41, 5.74) is 1.56. The van der Waals surface area contributed by atoms with Gasteiger partial charge in [0.05, 0.1) is 21.3 Å². The average Bonchev–Trinajstić information content (AvgIpc) is 2.87. The van der Waals surface area contributed by atoms with Gasteiger partial charge in [0.15, 0.2) is 11.5 Å². The first-order chi connectivity index (χ1) is 16.5. The quantitative estimate of drug-likeness (QED) is 0.420. The fraction of sp³-hybridized carbons (Fsp3) is 0.407. The van der Waals surface area contributed by atoms with Crippen molar-refractivity contribution in [2.24, 2.45) is 5.92 Å². The monoisotopic (exact) mass is 464 g/mol. The van der Waals surface area contributed by atoms with Crippen LogP contribution in [0.15, 0.2) is 42.0 Å². The summed E-state index contributed by atoms with van der Waals surface area (Å²) in [6.07, 6.45) is 5.90. The maximum Gasteiger partial charge on any atom is 0.262 e. The summed E-state index contributed by atoms with van der Waals surface area (Å²) in [6.45, 7) is 2.39. The Bertz CT molecular complexity index is 1070. The van der Waals surface area contributed by atoms with E-state index in [0.29, 0.717) is 34.5 Å². The van der Waals surface area contributed by atoms with Gasteiger partial charge < -0.3 is 24.3 Å². The van der Waals surface area contributed by atoms with Gasteiger partial charge in [0.2, 0.25) is 0 Å². The summed E-state index contributed by atoms with van der Waals surface area (Å²) in [7, 11) is 4.75. The first-order valence-corrected chi connectivity index (χ1v) is 11.4. The Morgan fingerprint density at radius 1 is 1.03 bits per heavy atom. The molecule has 0 aliphatic heterocycles. The molecule has 0 aromatic heterocycles. The van der Waals surface area contributed by atoms with Gasteiger partial charge in [-0.05, 0) is 60.7 Å². The summed E-state index contributed by atoms with van der Waals surface area (Å²) >= 11 is 0. The standard InChI is InChI=1S/C27H32N2O5/c1-18-7-5-6-8-23(18)29-27(30)20(16-28)13-19-9-11-25(26(14-19)33-4)34-17-21-15-22(31-2)10-12-24(21)32-3/h9-15,18,23H,5-8,17H2,1-4H3,(H,29,30)/b20-13+/t18-,23+/m0/s1. The first-order valence-electron chi connectivity index (χ1n) is 11.4. The maximum absolute atomic E-state index is 12.7. The molecule has 2 aromatic rings. The molecule has 7 nitrogen and oxygen atoms in total. The van der Waals surface area contributed by atoms with Crippen LogP contribution in [0.1, 0.15) is 43.7 Å². The highest BCUT2D eigenvalue weighted by atomic mass is 16.5. The summed E-state index contributed by atoms with van der Waals surface area (Å²) in [4.78, 5) is 12.7. The Morgan fingerprint density at radius 3 is 2.44 bits per heavy atom. The number of hydrogen-bond donors (Lipinski definition) is 1. The zero-order chi connectivity index (χ0) is 24.5. The van der Waals surface area contributed by atoms with E-state index in [1.165, 1.54) is 6.42 Å². The Labute approximate surface area is 201 Å². The fourth-order valence-corrected chi connectivity index (χ4v) is 4.14. The first kappa shape index (κ1) is 25.0. The molecule has 1 saturated carbocycles. The molecule has 180 valence electrons. The molecule has 7 heteroatoms. The number of hydrogen-bond acceptors (Lipinski definition) is 6. The Kier molecular flexibility index (Phi) is 8.80. The number of nitriles is 1. The third kappa shape index (κ3) is 6.22. The van der Waals surface area contributed by atoms with Gasteiger partial charge in [-0.3, -0.25) is 4.79 Å². The third-order valence-corrected chi connectivity index (χ3v) is 6.16. The van der Waals surface area contributed by atoms with E-state index in [9.17, 15) is 10.1 Å². The minimum absolute atomic E-state index is 0.0645. The van der Waals surface area contributed by atoms with Crippen LogP contribution in [0.5, 0.6) is 23.0 Å². The number of rotatable bonds is 9. The molecule has 2 aromatic carbocycles. The molecule has 0 saturated heterocycles. The van der Waals surface area contributed by atoms with E-state index in [4.69, 9.17) is 18.9 Å². The van der Waals surface area contributed by atoms with Crippen molar-refractivity contribution in [1.82, 2.24) is 5.32 Å². The second-order valence-electron chi connectivity index (χ2n) is 8.39. The van der Waals surface area contributed by atoms with Crippen molar-refractivity contribution in [3.8, 4) is 29.1 Å². The minimum atomic E-state index is -0.342. The van der Waals surface area contributed by atoms with Gasteiger partial charge in [0.1, 0.15) is 29.7 Å². The van der Waals surface area contributed by atoms with Crippen molar-refractivity contribution in [2.45, 2.75) is 45.3 Å². The number of nitrogens with one attached hydrogen (secondary N) is 1. The van der Waals surface area contributed by atoms with E-state index in [0.717, 1.165) is 24.8 Å². The predicted molar refractivity (Wildman–Crippen MR) is 130 cm³/mol. The van der Waals surface area contributed by atoms with Crippen LogP contribution in [0.3, 0.4) is 0 Å². The predicted octanol–water partition coefficient (Wildman–Crippen LogP) is 4.89. The van der Waals surface area contributed by atoms with Gasteiger partial charge in [0, 0.05) is 11.6 Å². The number of nitrogens with zero attached hydrogens (tertiary/aromatic N) is 1. The Hall–Kier alpha value is -3.66. The molecular formula is C27H32N2O5. The van der Waals surface area contributed by atoms with E-state index in [1.807, 2.05) is 24.3 Å². The third-order valence-electron chi connectivity index (χ3n) is 6.16. The van der Waals surface area contributed by atoms with Gasteiger partial charge in [0.25, 0.3) is 5.91 Å². The number of amides is 1. The molecule has 0 radical (unpaired) electrons. The number of ether oxygens (including phenoxy) is 4. The topological polar surface area (TPSA) is 89.8 Å². The SMILES string of the molecule is COc1ccc(OC)c(COc2ccc(/C=C(\C#N)C(=O)N[C@@H]3CCCC[C@@H]3C)cc2OC)c1. The van der Waals surface area contributed by atoms with Gasteiger partial charge >= 0.3 is 0 Å². The summed E-state index contributed by atoms with van der Waals surface area (Å²) < 4.78 is 22.2. The van der Waals surface area contributed by atoms with E-state index in [-0.39, 0.29) is 24.1 Å². The second kappa shape index (κ2) is 12.0. The fourth-order valence-electron chi connectivity index (χ4n) is 4.14. The number of carbonyl (C=O) groups excluding carboxylic acids is 1. The van der Waals surface area contributed by atoms with Gasteiger partial charge in [-0.1, -0.05) is 25.8 Å². The highest BCUT2D eigenvalue weighted by Crippen LogP contribution is 2.32. The Balaban J connectivity index is 1.74. The van der Waals surface area contributed by atoms with Crippen molar-refractivity contribution in [1.29, 1.82) is 5.26 Å². The summed E-state index contributed by atoms with van der Waals surface area (Å²) in [6, 6.07) is 12.9. The van der Waals surface area contributed by atoms with E-state index in [2.05, 4.69) is 12.2 Å². The van der Waals surface area contributed by atoms with Crippen LogP contribution in [-0.2, 0) is 11.4 Å². The molecule has 34 heavy (non-hydrogen) atoms. The zero-order valence-corrected chi connectivity index (χ0v) is 20.2. The smallest absolute Gasteiger partial charge is 0.262 e. The number of benzene rings is 2. The van der Waals surface area contributed by atoms with Crippen LogP contribution in [0.4, 0.5) is 0 Å². The zero-order valence-electron chi connectivity index (χ0n) is 20.2. The summed E-state index contributed by atoms with van der Waals surface area (Å²) in [5.74, 6) is 2.49. The largest absolute Gasteiger partial charge is 0.497 e. The van der Waals surface area contributed by atoms with Crippen LogP contribution in [0, 0.1) is 17.2 Å². The lowest BCUT2D eigenvalue weighted by molar-refractivity contribution is -0.118. The molecule has 1 aliphatic carbocycles. The lowest BCUT2D eigenvalue weighted by Crippen LogP contribution is -2.41. The molecule has 0 bridgehead atoms. The number of methoxy groups -OCH3 is 3. The normalized spacial score (nSPS) is 17.9. The van der Waals surface area contributed by atoms with Gasteiger partial charge in [-0.2, -0.15) is 5.26 Å². The van der Waals surface area contributed by atoms with Crippen molar-refractivity contribution in [3.63, 3.8) is 0 Å². The van der Waals surface area contributed by atoms with E-state index < -0.39 is 0 Å². The average molecular weight is 465 g/mol. The van der Waals surface area contributed by atoms with Gasteiger partial charge in [-0.25, -0.2) is 0 Å². The van der Waals surface area contributed by atoms with E-state index >= 15 is 0 Å². The molecule has 1 fully saturated rings. The second-order valence-corrected chi connectivity index (χ2v) is 8.39. The molecule has 1 amide bonds. The van der Waals surface area contributed by atoms with Crippen LogP contribution in [-0.4, -0.2) is 33.3 Å². The van der Waals surface area contributed by atoms with Crippen LogP contribution >= 0.6 is 0 Å². The highest BCUT2D eigenvalue weighted by Gasteiger charge is 2.24. The van der Waals surface area contributed by atoms with Crippen LogP contribution < -0.4 is 24.3 Å². The molecule has 0 heterocycles. The van der Waals surface area contributed by atoms with Crippen molar-refractivity contribution in [2.75, 3.05) is 21.3 Å². The molecule has 1 N–H and O–H groups in total. The molecule has 1 aliphatic rings. The van der Waals surface area contributed by atoms with Crippen LogP contribution in [0.2, 0.25) is 0 Å². The summed E-state index contributed by atoms with van der Waals surface area (Å²) in [5, 5.41) is 12.6. The van der Waals surface area contributed by atoms with Crippen molar-refractivity contribution < 1.29 is 23.7 Å². The number of carbonyl (C=O) groups is 1. The molecule has 2 atom stereocenters. The highest BCUT2D eigenvalue weighted by molar-refractivity contribution is 6.01. The molecule has 0 spiro atoms. The van der Waals surface area contributed by atoms with Crippen LogP contribution in [0.25, 0.3) is 6.08 Å². The van der Waals surface area contributed by atoms with Crippen molar-refractivity contribution in [3.05, 3.63) is 53.1 Å².